The van der Waals surface area contributed by atoms with E-state index in [4.69, 9.17) is 9.84 Å². The molecule has 0 bridgehead atoms. The SMILES string of the molecule is CCOC(=O)CCC(=O)NC1(C(=O)O)CCOC1. The van der Waals surface area contributed by atoms with E-state index >= 15 is 0 Å². The monoisotopic (exact) mass is 259 g/mol. The minimum atomic E-state index is -1.36. The van der Waals surface area contributed by atoms with E-state index in [0.29, 0.717) is 6.61 Å². The number of hydrogen-bond donors (Lipinski definition) is 2. The van der Waals surface area contributed by atoms with Crippen LogP contribution in [0, 0.1) is 0 Å². The second-order valence-corrected chi connectivity index (χ2v) is 4.04. The Kier molecular flexibility index (Phi) is 5.08. The molecule has 1 heterocycles. The van der Waals surface area contributed by atoms with Gasteiger partial charge in [-0.1, -0.05) is 0 Å². The predicted molar refractivity (Wildman–Crippen MR) is 59.8 cm³/mol. The van der Waals surface area contributed by atoms with Crippen molar-refractivity contribution >= 4 is 17.8 Å². The van der Waals surface area contributed by atoms with E-state index in [1.807, 2.05) is 0 Å². The van der Waals surface area contributed by atoms with Crippen LogP contribution in [0.5, 0.6) is 0 Å². The number of esters is 1. The largest absolute Gasteiger partial charge is 0.479 e. The molecule has 1 saturated heterocycles. The van der Waals surface area contributed by atoms with Gasteiger partial charge in [-0.05, 0) is 6.92 Å². The molecule has 1 fully saturated rings. The molecule has 7 nitrogen and oxygen atoms in total. The summed E-state index contributed by atoms with van der Waals surface area (Å²) in [6.07, 6.45) is 0.0809. The zero-order valence-electron chi connectivity index (χ0n) is 10.2. The zero-order chi connectivity index (χ0) is 13.6. The zero-order valence-corrected chi connectivity index (χ0v) is 10.2. The third-order valence-corrected chi connectivity index (χ3v) is 2.67. The first-order chi connectivity index (χ1) is 8.50. The maximum atomic E-state index is 11.6. The number of aliphatic carboxylic acids is 1. The molecule has 102 valence electrons. The molecule has 0 saturated carbocycles. The summed E-state index contributed by atoms with van der Waals surface area (Å²) in [6.45, 7) is 2.18. The van der Waals surface area contributed by atoms with Gasteiger partial charge in [0, 0.05) is 19.4 Å². The molecule has 0 spiro atoms. The number of carbonyl (C=O) groups excluding carboxylic acids is 2. The van der Waals surface area contributed by atoms with Crippen molar-refractivity contribution in [2.24, 2.45) is 0 Å². The van der Waals surface area contributed by atoms with Crippen molar-refractivity contribution in [3.63, 3.8) is 0 Å². The van der Waals surface area contributed by atoms with Gasteiger partial charge in [0.25, 0.3) is 0 Å². The highest BCUT2D eigenvalue weighted by Gasteiger charge is 2.43. The highest BCUT2D eigenvalue weighted by molar-refractivity contribution is 5.88. The molecule has 0 radical (unpaired) electrons. The predicted octanol–water partition coefficient (Wildman–Crippen LogP) is -0.310. The van der Waals surface area contributed by atoms with Crippen molar-refractivity contribution in [1.29, 1.82) is 0 Å². The molecular weight excluding hydrogens is 242 g/mol. The minimum Gasteiger partial charge on any atom is -0.479 e. The summed E-state index contributed by atoms with van der Waals surface area (Å²) in [6, 6.07) is 0. The van der Waals surface area contributed by atoms with Crippen LogP contribution in [0.1, 0.15) is 26.2 Å². The van der Waals surface area contributed by atoms with Crippen LogP contribution >= 0.6 is 0 Å². The van der Waals surface area contributed by atoms with Crippen LogP contribution in [-0.4, -0.2) is 48.3 Å². The Labute approximate surface area is 104 Å². The highest BCUT2D eigenvalue weighted by Crippen LogP contribution is 2.19. The van der Waals surface area contributed by atoms with Crippen LogP contribution in [0.3, 0.4) is 0 Å². The lowest BCUT2D eigenvalue weighted by Crippen LogP contribution is -2.55. The Balaban J connectivity index is 2.43. The number of ether oxygens (including phenoxy) is 2. The summed E-state index contributed by atoms with van der Waals surface area (Å²) in [5.41, 5.74) is -1.36. The minimum absolute atomic E-state index is 0.0481. The number of hydrogen-bond acceptors (Lipinski definition) is 5. The molecule has 7 heteroatoms. The smallest absolute Gasteiger partial charge is 0.331 e. The summed E-state index contributed by atoms with van der Waals surface area (Å²) in [7, 11) is 0. The molecule has 0 aliphatic carbocycles. The van der Waals surface area contributed by atoms with Crippen molar-refractivity contribution < 1.29 is 29.0 Å². The third-order valence-electron chi connectivity index (χ3n) is 2.67. The van der Waals surface area contributed by atoms with Gasteiger partial charge in [-0.3, -0.25) is 9.59 Å². The van der Waals surface area contributed by atoms with Crippen LogP contribution < -0.4 is 5.32 Å². The van der Waals surface area contributed by atoms with E-state index in [9.17, 15) is 14.4 Å². The average molecular weight is 259 g/mol. The number of nitrogens with one attached hydrogen (secondary N) is 1. The van der Waals surface area contributed by atoms with Gasteiger partial charge in [0.15, 0.2) is 5.54 Å². The fourth-order valence-electron chi connectivity index (χ4n) is 1.66. The second kappa shape index (κ2) is 6.34. The van der Waals surface area contributed by atoms with Crippen molar-refractivity contribution in [3.05, 3.63) is 0 Å². The molecule has 1 aliphatic rings. The molecule has 18 heavy (non-hydrogen) atoms. The van der Waals surface area contributed by atoms with Crippen LogP contribution in [0.15, 0.2) is 0 Å². The lowest BCUT2D eigenvalue weighted by atomic mass is 9.98. The standard InChI is InChI=1S/C11H17NO6/c1-2-18-9(14)4-3-8(13)12-11(10(15)16)5-6-17-7-11/h2-7H2,1H3,(H,12,13)(H,15,16). The van der Waals surface area contributed by atoms with Gasteiger partial charge in [-0.2, -0.15) is 0 Å². The fraction of sp³-hybridized carbons (Fsp3) is 0.727. The molecule has 0 aromatic rings. The average Bonchev–Trinajstić information content (AvgIpc) is 2.77. The number of carboxylic acid groups (broad SMARTS) is 1. The third kappa shape index (κ3) is 3.69. The van der Waals surface area contributed by atoms with E-state index in [1.54, 1.807) is 6.92 Å². The lowest BCUT2D eigenvalue weighted by molar-refractivity contribution is -0.148. The Hall–Kier alpha value is -1.63. The highest BCUT2D eigenvalue weighted by atomic mass is 16.5. The van der Waals surface area contributed by atoms with E-state index in [-0.39, 0.29) is 32.5 Å². The summed E-state index contributed by atoms with van der Waals surface area (Å²) in [5, 5.41) is 11.5. The van der Waals surface area contributed by atoms with Crippen LogP contribution in [0.25, 0.3) is 0 Å². The van der Waals surface area contributed by atoms with Gasteiger partial charge in [0.2, 0.25) is 5.91 Å². The lowest BCUT2D eigenvalue weighted by Gasteiger charge is -2.23. The number of carbonyl (C=O) groups is 3. The molecule has 1 amide bonds. The first-order valence-corrected chi connectivity index (χ1v) is 5.78. The second-order valence-electron chi connectivity index (χ2n) is 4.04. The van der Waals surface area contributed by atoms with Gasteiger partial charge < -0.3 is 19.9 Å². The van der Waals surface area contributed by atoms with Gasteiger partial charge in [-0.15, -0.1) is 0 Å². The van der Waals surface area contributed by atoms with Crippen LogP contribution in [0.4, 0.5) is 0 Å². The maximum absolute atomic E-state index is 11.6. The quantitative estimate of drug-likeness (QED) is 0.634. The maximum Gasteiger partial charge on any atom is 0.331 e. The van der Waals surface area contributed by atoms with E-state index < -0.39 is 23.4 Å². The van der Waals surface area contributed by atoms with Gasteiger partial charge in [0.05, 0.1) is 19.6 Å². The summed E-state index contributed by atoms with van der Waals surface area (Å²) < 4.78 is 9.67. The van der Waals surface area contributed by atoms with Crippen LogP contribution in [-0.2, 0) is 23.9 Å². The number of rotatable bonds is 6. The number of carboxylic acids is 1. The first-order valence-electron chi connectivity index (χ1n) is 5.78. The molecular formula is C11H17NO6. The normalized spacial score (nSPS) is 22.5. The number of amides is 1. The molecule has 0 aromatic carbocycles. The van der Waals surface area contributed by atoms with Gasteiger partial charge >= 0.3 is 11.9 Å². The van der Waals surface area contributed by atoms with Crippen molar-refractivity contribution in [1.82, 2.24) is 5.32 Å². The Morgan fingerprint density at radius 2 is 2.11 bits per heavy atom. The molecule has 1 unspecified atom stereocenters. The van der Waals surface area contributed by atoms with Crippen molar-refractivity contribution in [2.75, 3.05) is 19.8 Å². The first kappa shape index (κ1) is 14.4. The van der Waals surface area contributed by atoms with Gasteiger partial charge in [-0.25, -0.2) is 4.79 Å². The van der Waals surface area contributed by atoms with Crippen molar-refractivity contribution in [2.45, 2.75) is 31.7 Å². The molecule has 1 rings (SSSR count). The van der Waals surface area contributed by atoms with E-state index in [0.717, 1.165) is 0 Å². The topological polar surface area (TPSA) is 102 Å². The Bertz CT molecular complexity index is 334. The summed E-state index contributed by atoms with van der Waals surface area (Å²) in [4.78, 5) is 33.7. The molecule has 1 aliphatic heterocycles. The Morgan fingerprint density at radius 1 is 1.39 bits per heavy atom. The van der Waals surface area contributed by atoms with E-state index in [1.165, 1.54) is 0 Å². The van der Waals surface area contributed by atoms with E-state index in [2.05, 4.69) is 10.1 Å². The molecule has 1 atom stereocenters. The van der Waals surface area contributed by atoms with Crippen molar-refractivity contribution in [3.8, 4) is 0 Å². The Morgan fingerprint density at radius 3 is 2.61 bits per heavy atom. The molecule has 0 aromatic heterocycles. The summed E-state index contributed by atoms with van der Waals surface area (Å²) in [5.74, 6) is -2.08. The van der Waals surface area contributed by atoms with Gasteiger partial charge in [0.1, 0.15) is 0 Å². The van der Waals surface area contributed by atoms with Crippen LogP contribution in [0.2, 0.25) is 0 Å². The summed E-state index contributed by atoms with van der Waals surface area (Å²) >= 11 is 0. The molecule has 2 N–H and O–H groups in total. The fourth-order valence-corrected chi connectivity index (χ4v) is 1.66.